The summed E-state index contributed by atoms with van der Waals surface area (Å²) in [5.41, 5.74) is 1.67. The zero-order valence-electron chi connectivity index (χ0n) is 20.4. The Balaban J connectivity index is 1.72. The molecule has 8 nitrogen and oxygen atoms in total. The summed E-state index contributed by atoms with van der Waals surface area (Å²) in [5.74, 6) is -0.728. The van der Waals surface area contributed by atoms with Gasteiger partial charge in [0.15, 0.2) is 6.20 Å². The lowest BCUT2D eigenvalue weighted by Crippen LogP contribution is -2.47. The Kier molecular flexibility index (Phi) is 6.58. The second-order valence-electron chi connectivity index (χ2n) is 9.79. The fourth-order valence-electron chi connectivity index (χ4n) is 4.19. The molecule has 2 amide bonds. The highest BCUT2D eigenvalue weighted by molar-refractivity contribution is 6.13. The van der Waals surface area contributed by atoms with Crippen LogP contribution in [0.5, 0.6) is 0 Å². The standard InChI is InChI=1S/C27H30N4O4/c1-17(2)15-29-25(32)22-14-19-8-6-12-28-24(19)31(26(22)33)21-9-5-7-18(13-21)20-10-11-23(27(3,4)34)30(35)16-20/h5-13,16-17,22,34H,14-15H2,1-4H3,(H,29,32). The maximum atomic E-state index is 13.6. The van der Waals surface area contributed by atoms with Crippen molar-refractivity contribution in [2.75, 3.05) is 11.4 Å². The molecule has 1 unspecified atom stereocenters. The van der Waals surface area contributed by atoms with Crippen LogP contribution in [-0.2, 0) is 21.6 Å². The maximum Gasteiger partial charge on any atom is 0.245 e. The number of aromatic nitrogens is 2. The molecule has 2 N–H and O–H groups in total. The van der Waals surface area contributed by atoms with Crippen molar-refractivity contribution in [2.45, 2.75) is 39.7 Å². The van der Waals surface area contributed by atoms with Crippen LogP contribution in [0.25, 0.3) is 11.1 Å². The summed E-state index contributed by atoms with van der Waals surface area (Å²) in [6, 6.07) is 14.2. The quantitative estimate of drug-likeness (QED) is 0.324. The highest BCUT2D eigenvalue weighted by atomic mass is 16.5. The van der Waals surface area contributed by atoms with Gasteiger partial charge in [-0.3, -0.25) is 14.5 Å². The van der Waals surface area contributed by atoms with Gasteiger partial charge in [0.05, 0.1) is 5.69 Å². The van der Waals surface area contributed by atoms with E-state index in [9.17, 15) is 19.9 Å². The number of benzene rings is 1. The van der Waals surface area contributed by atoms with Crippen LogP contribution in [0, 0.1) is 17.0 Å². The summed E-state index contributed by atoms with van der Waals surface area (Å²) >= 11 is 0. The molecule has 8 heteroatoms. The number of anilines is 2. The van der Waals surface area contributed by atoms with E-state index in [2.05, 4.69) is 10.3 Å². The molecule has 1 aliphatic rings. The number of nitrogens with zero attached hydrogens (tertiary/aromatic N) is 3. The topological polar surface area (TPSA) is 109 Å². The van der Waals surface area contributed by atoms with E-state index >= 15 is 0 Å². The van der Waals surface area contributed by atoms with Gasteiger partial charge in [-0.1, -0.05) is 32.0 Å². The zero-order valence-corrected chi connectivity index (χ0v) is 20.4. The number of pyridine rings is 2. The van der Waals surface area contributed by atoms with Crippen molar-refractivity contribution in [1.29, 1.82) is 0 Å². The SMILES string of the molecule is CC(C)CNC(=O)C1Cc2cccnc2N(c2cccc(-c3ccc(C(C)(C)O)[n+]([O-])c3)c2)C1=O. The number of carbonyl (C=O) groups is 2. The average molecular weight is 475 g/mol. The Morgan fingerprint density at radius 2 is 2.00 bits per heavy atom. The molecule has 0 spiro atoms. The van der Waals surface area contributed by atoms with Crippen LogP contribution in [0.2, 0.25) is 0 Å². The number of amides is 2. The molecule has 182 valence electrons. The third kappa shape index (κ3) is 5.02. The first-order valence-corrected chi connectivity index (χ1v) is 11.7. The van der Waals surface area contributed by atoms with Gasteiger partial charge in [0.25, 0.3) is 0 Å². The highest BCUT2D eigenvalue weighted by Crippen LogP contribution is 2.36. The molecule has 4 rings (SSSR count). The third-order valence-corrected chi connectivity index (χ3v) is 6.00. The zero-order chi connectivity index (χ0) is 25.3. The summed E-state index contributed by atoms with van der Waals surface area (Å²) in [6.07, 6.45) is 3.31. The predicted molar refractivity (Wildman–Crippen MR) is 133 cm³/mol. The Hall–Kier alpha value is -3.78. The van der Waals surface area contributed by atoms with E-state index in [4.69, 9.17) is 0 Å². The van der Waals surface area contributed by atoms with Crippen LogP contribution in [0.4, 0.5) is 11.5 Å². The van der Waals surface area contributed by atoms with E-state index < -0.39 is 11.5 Å². The summed E-state index contributed by atoms with van der Waals surface area (Å²) in [4.78, 5) is 32.4. The van der Waals surface area contributed by atoms with Crippen LogP contribution in [0.1, 0.15) is 39.0 Å². The number of nitrogens with one attached hydrogen (secondary N) is 1. The van der Waals surface area contributed by atoms with E-state index in [-0.39, 0.29) is 29.8 Å². The largest absolute Gasteiger partial charge is 0.618 e. The van der Waals surface area contributed by atoms with Gasteiger partial charge in [-0.25, -0.2) is 4.98 Å². The maximum absolute atomic E-state index is 13.6. The van der Waals surface area contributed by atoms with Crippen molar-refractivity contribution in [3.8, 4) is 11.1 Å². The summed E-state index contributed by atoms with van der Waals surface area (Å²) in [5, 5.41) is 25.6. The van der Waals surface area contributed by atoms with Gasteiger partial charge in [0.2, 0.25) is 17.5 Å². The van der Waals surface area contributed by atoms with Crippen LogP contribution in [0.3, 0.4) is 0 Å². The molecule has 3 aromatic rings. The minimum absolute atomic E-state index is 0.233. The smallest absolute Gasteiger partial charge is 0.245 e. The molecule has 0 saturated carbocycles. The monoisotopic (exact) mass is 474 g/mol. The van der Waals surface area contributed by atoms with Crippen molar-refractivity contribution in [2.24, 2.45) is 11.8 Å². The number of hydrogen-bond acceptors (Lipinski definition) is 5. The Morgan fingerprint density at radius 3 is 2.69 bits per heavy atom. The molecule has 3 heterocycles. The first kappa shape index (κ1) is 24.3. The van der Waals surface area contributed by atoms with Gasteiger partial charge in [0, 0.05) is 24.4 Å². The Labute approximate surface area is 204 Å². The van der Waals surface area contributed by atoms with Crippen molar-refractivity contribution in [1.82, 2.24) is 10.3 Å². The normalized spacial score (nSPS) is 15.8. The van der Waals surface area contributed by atoms with E-state index in [1.165, 1.54) is 11.1 Å². The summed E-state index contributed by atoms with van der Waals surface area (Å²) in [6.45, 7) is 7.60. The first-order chi connectivity index (χ1) is 16.6. The number of hydrogen-bond donors (Lipinski definition) is 2. The molecule has 1 aliphatic heterocycles. The molecule has 0 radical (unpaired) electrons. The fraction of sp³-hybridized carbons (Fsp3) is 0.333. The van der Waals surface area contributed by atoms with Crippen LogP contribution < -0.4 is 14.9 Å². The van der Waals surface area contributed by atoms with Gasteiger partial charge in [-0.15, -0.1) is 0 Å². The second kappa shape index (κ2) is 9.46. The molecule has 0 saturated heterocycles. The molecular formula is C27H30N4O4. The van der Waals surface area contributed by atoms with Crippen LogP contribution in [-0.4, -0.2) is 28.4 Å². The van der Waals surface area contributed by atoms with Gasteiger partial charge in [-0.2, -0.15) is 4.73 Å². The van der Waals surface area contributed by atoms with E-state index in [0.29, 0.717) is 33.9 Å². The number of rotatable bonds is 6. The van der Waals surface area contributed by atoms with Crippen molar-refractivity contribution in [3.63, 3.8) is 0 Å². The number of fused-ring (bicyclic) bond motifs is 1. The van der Waals surface area contributed by atoms with E-state index in [0.717, 1.165) is 5.56 Å². The van der Waals surface area contributed by atoms with E-state index in [1.54, 1.807) is 56.4 Å². The molecule has 0 aliphatic carbocycles. The summed E-state index contributed by atoms with van der Waals surface area (Å²) in [7, 11) is 0. The minimum Gasteiger partial charge on any atom is -0.618 e. The minimum atomic E-state index is -1.27. The fourth-order valence-corrected chi connectivity index (χ4v) is 4.19. The van der Waals surface area contributed by atoms with Gasteiger partial charge < -0.3 is 15.6 Å². The molecule has 35 heavy (non-hydrogen) atoms. The van der Waals surface area contributed by atoms with Crippen molar-refractivity contribution in [3.05, 3.63) is 77.4 Å². The molecule has 1 atom stereocenters. The first-order valence-electron chi connectivity index (χ1n) is 11.7. The third-order valence-electron chi connectivity index (χ3n) is 6.00. The van der Waals surface area contributed by atoms with Crippen LogP contribution in [0.15, 0.2) is 60.9 Å². The molecule has 0 fully saturated rings. The van der Waals surface area contributed by atoms with E-state index in [1.807, 2.05) is 26.0 Å². The molecule has 2 aromatic heterocycles. The number of carbonyl (C=O) groups excluding carboxylic acids is 2. The lowest BCUT2D eigenvalue weighted by atomic mass is 9.92. The lowest BCUT2D eigenvalue weighted by molar-refractivity contribution is -0.621. The lowest BCUT2D eigenvalue weighted by Gasteiger charge is -2.32. The predicted octanol–water partition coefficient (Wildman–Crippen LogP) is 3.22. The molecule has 1 aromatic carbocycles. The highest BCUT2D eigenvalue weighted by Gasteiger charge is 2.39. The second-order valence-corrected chi connectivity index (χ2v) is 9.79. The average Bonchev–Trinajstić information content (AvgIpc) is 2.81. The van der Waals surface area contributed by atoms with Crippen molar-refractivity contribution >= 4 is 23.3 Å². The van der Waals surface area contributed by atoms with Crippen molar-refractivity contribution < 1.29 is 19.4 Å². The van der Waals surface area contributed by atoms with Gasteiger partial charge >= 0.3 is 0 Å². The van der Waals surface area contributed by atoms with Gasteiger partial charge in [0.1, 0.15) is 17.3 Å². The summed E-state index contributed by atoms with van der Waals surface area (Å²) < 4.78 is 0.653. The molecule has 0 bridgehead atoms. The van der Waals surface area contributed by atoms with Crippen LogP contribution >= 0.6 is 0 Å². The molecular weight excluding hydrogens is 444 g/mol. The van der Waals surface area contributed by atoms with Gasteiger partial charge in [-0.05, 0) is 61.6 Å². The Bertz CT molecular complexity index is 1270. The Morgan fingerprint density at radius 1 is 1.23 bits per heavy atom. The number of aliphatic hydroxyl groups is 1.